The summed E-state index contributed by atoms with van der Waals surface area (Å²) in [5.41, 5.74) is 0.959. The van der Waals surface area contributed by atoms with E-state index in [1.165, 1.54) is 0 Å². The standard InChI is InChI=1S/C25H26N2O6S/c28-34(29,22-9-7-21(8-10-22)33-20-4-2-1-3-5-20)26-17-23(27-12-14-30-15-13-27)19-6-11-24-25(16-19)32-18-31-24/h1-11,16,23,26H,12-15,17-18H2/t23-/m1/s1. The number of hydrogen-bond donors (Lipinski definition) is 1. The van der Waals surface area contributed by atoms with Crippen LogP contribution in [0.3, 0.4) is 0 Å². The molecule has 0 bridgehead atoms. The first kappa shape index (κ1) is 22.7. The lowest BCUT2D eigenvalue weighted by Gasteiger charge is -2.35. The van der Waals surface area contributed by atoms with Gasteiger partial charge in [-0.05, 0) is 54.1 Å². The summed E-state index contributed by atoms with van der Waals surface area (Å²) >= 11 is 0. The number of morpholine rings is 1. The van der Waals surface area contributed by atoms with Gasteiger partial charge in [0.2, 0.25) is 16.8 Å². The van der Waals surface area contributed by atoms with E-state index in [1.54, 1.807) is 24.3 Å². The fourth-order valence-electron chi connectivity index (χ4n) is 4.05. The molecule has 178 valence electrons. The van der Waals surface area contributed by atoms with Crippen molar-refractivity contribution < 1.29 is 27.4 Å². The number of ether oxygens (including phenoxy) is 4. The SMILES string of the molecule is O=S(=O)(NC[C@H](c1ccc2c(c1)OCO2)N1CCOCC1)c1ccc(Oc2ccccc2)cc1. The quantitative estimate of drug-likeness (QED) is 0.525. The zero-order valence-corrected chi connectivity index (χ0v) is 19.4. The van der Waals surface area contributed by atoms with Gasteiger partial charge < -0.3 is 18.9 Å². The van der Waals surface area contributed by atoms with Crippen LogP contribution >= 0.6 is 0 Å². The summed E-state index contributed by atoms with van der Waals surface area (Å²) in [4.78, 5) is 2.40. The minimum absolute atomic E-state index is 0.172. The van der Waals surface area contributed by atoms with Crippen LogP contribution in [0.2, 0.25) is 0 Å². The summed E-state index contributed by atoms with van der Waals surface area (Å²) < 4.78 is 51.1. The fraction of sp³-hybridized carbons (Fsp3) is 0.280. The smallest absolute Gasteiger partial charge is 0.240 e. The van der Waals surface area contributed by atoms with E-state index in [1.807, 2.05) is 48.5 Å². The van der Waals surface area contributed by atoms with Crippen molar-refractivity contribution in [2.75, 3.05) is 39.6 Å². The van der Waals surface area contributed by atoms with Crippen molar-refractivity contribution in [1.82, 2.24) is 9.62 Å². The Morgan fingerprint density at radius 1 is 0.882 bits per heavy atom. The van der Waals surface area contributed by atoms with Crippen LogP contribution in [0.1, 0.15) is 11.6 Å². The molecule has 1 N–H and O–H groups in total. The summed E-state index contributed by atoms with van der Waals surface area (Å²) in [6.07, 6.45) is 0. The van der Waals surface area contributed by atoms with E-state index in [0.717, 1.165) is 5.56 Å². The van der Waals surface area contributed by atoms with Crippen LogP contribution in [0.15, 0.2) is 77.7 Å². The van der Waals surface area contributed by atoms with Crippen LogP contribution in [-0.4, -0.2) is 53.0 Å². The van der Waals surface area contributed by atoms with Gasteiger partial charge in [0.15, 0.2) is 11.5 Å². The first-order valence-electron chi connectivity index (χ1n) is 11.1. The van der Waals surface area contributed by atoms with Gasteiger partial charge in [-0.2, -0.15) is 0 Å². The van der Waals surface area contributed by atoms with Crippen LogP contribution in [0.5, 0.6) is 23.0 Å². The largest absolute Gasteiger partial charge is 0.457 e. The zero-order chi connectivity index (χ0) is 23.4. The molecule has 1 atom stereocenters. The van der Waals surface area contributed by atoms with Gasteiger partial charge in [0.25, 0.3) is 0 Å². The normalized spacial score (nSPS) is 16.8. The summed E-state index contributed by atoms with van der Waals surface area (Å²) in [5, 5.41) is 0. The third-order valence-electron chi connectivity index (χ3n) is 5.85. The second-order valence-corrected chi connectivity index (χ2v) is 9.78. The maximum absolute atomic E-state index is 13.1. The summed E-state index contributed by atoms with van der Waals surface area (Å²) in [6.45, 7) is 3.05. The molecule has 0 spiro atoms. The highest BCUT2D eigenvalue weighted by molar-refractivity contribution is 7.89. The highest BCUT2D eigenvalue weighted by Gasteiger charge is 2.27. The zero-order valence-electron chi connectivity index (χ0n) is 18.6. The van der Waals surface area contributed by atoms with E-state index in [0.29, 0.717) is 49.3 Å². The van der Waals surface area contributed by atoms with E-state index in [2.05, 4.69) is 9.62 Å². The van der Waals surface area contributed by atoms with Gasteiger partial charge in [-0.25, -0.2) is 13.1 Å². The topological polar surface area (TPSA) is 86.3 Å². The highest BCUT2D eigenvalue weighted by atomic mass is 32.2. The molecule has 0 unspecified atom stereocenters. The molecule has 1 fully saturated rings. The Morgan fingerprint density at radius 3 is 2.35 bits per heavy atom. The Hall–Kier alpha value is -3.11. The lowest BCUT2D eigenvalue weighted by atomic mass is 10.0. The average molecular weight is 483 g/mol. The Balaban J connectivity index is 1.31. The van der Waals surface area contributed by atoms with Gasteiger partial charge in [-0.15, -0.1) is 0 Å². The highest BCUT2D eigenvalue weighted by Crippen LogP contribution is 2.35. The number of benzene rings is 3. The van der Waals surface area contributed by atoms with Crippen LogP contribution in [0.4, 0.5) is 0 Å². The molecule has 2 aliphatic heterocycles. The molecule has 0 radical (unpaired) electrons. The predicted octanol–water partition coefficient (Wildman–Crippen LogP) is 3.56. The molecule has 0 amide bonds. The molecule has 8 nitrogen and oxygen atoms in total. The minimum atomic E-state index is -3.72. The van der Waals surface area contributed by atoms with E-state index in [4.69, 9.17) is 18.9 Å². The Kier molecular flexibility index (Phi) is 6.68. The Labute approximate surface area is 199 Å². The average Bonchev–Trinajstić information content (AvgIpc) is 3.34. The molecule has 5 rings (SSSR count). The first-order valence-corrected chi connectivity index (χ1v) is 12.6. The number of nitrogens with zero attached hydrogens (tertiary/aromatic N) is 1. The van der Waals surface area contributed by atoms with Crippen LogP contribution in [-0.2, 0) is 14.8 Å². The number of fused-ring (bicyclic) bond motifs is 1. The number of sulfonamides is 1. The third kappa shape index (κ3) is 5.18. The predicted molar refractivity (Wildman–Crippen MR) is 126 cm³/mol. The Morgan fingerprint density at radius 2 is 1.59 bits per heavy atom. The summed E-state index contributed by atoms with van der Waals surface area (Å²) in [5.74, 6) is 2.63. The Bertz CT molecular complexity index is 1210. The second kappa shape index (κ2) is 10.0. The molecule has 0 saturated carbocycles. The van der Waals surface area contributed by atoms with Crippen molar-refractivity contribution in [2.45, 2.75) is 10.9 Å². The van der Waals surface area contributed by atoms with Crippen LogP contribution in [0.25, 0.3) is 0 Å². The molecule has 2 aliphatic rings. The van der Waals surface area contributed by atoms with Crippen molar-refractivity contribution in [3.8, 4) is 23.0 Å². The molecule has 3 aromatic carbocycles. The molecule has 0 aromatic heterocycles. The molecule has 1 saturated heterocycles. The lowest BCUT2D eigenvalue weighted by molar-refractivity contribution is 0.0171. The van der Waals surface area contributed by atoms with Crippen LogP contribution in [0, 0.1) is 0 Å². The number of rotatable bonds is 8. The lowest BCUT2D eigenvalue weighted by Crippen LogP contribution is -2.43. The second-order valence-electron chi connectivity index (χ2n) is 8.02. The maximum atomic E-state index is 13.1. The molecular weight excluding hydrogens is 456 g/mol. The third-order valence-corrected chi connectivity index (χ3v) is 7.29. The van der Waals surface area contributed by atoms with Crippen molar-refractivity contribution in [2.24, 2.45) is 0 Å². The molecule has 0 aliphatic carbocycles. The van der Waals surface area contributed by atoms with E-state index in [-0.39, 0.29) is 24.3 Å². The minimum Gasteiger partial charge on any atom is -0.457 e. The van der Waals surface area contributed by atoms with Gasteiger partial charge in [-0.1, -0.05) is 24.3 Å². The maximum Gasteiger partial charge on any atom is 0.240 e. The van der Waals surface area contributed by atoms with Crippen molar-refractivity contribution in [3.05, 3.63) is 78.4 Å². The van der Waals surface area contributed by atoms with E-state index in [9.17, 15) is 8.42 Å². The first-order chi connectivity index (χ1) is 16.6. The molecule has 9 heteroatoms. The van der Waals surface area contributed by atoms with Crippen molar-refractivity contribution >= 4 is 10.0 Å². The van der Waals surface area contributed by atoms with E-state index >= 15 is 0 Å². The number of hydrogen-bond acceptors (Lipinski definition) is 7. The van der Waals surface area contributed by atoms with Gasteiger partial charge in [-0.3, -0.25) is 4.90 Å². The fourth-order valence-corrected chi connectivity index (χ4v) is 5.09. The van der Waals surface area contributed by atoms with Crippen molar-refractivity contribution in [3.63, 3.8) is 0 Å². The molecule has 2 heterocycles. The van der Waals surface area contributed by atoms with Gasteiger partial charge in [0.1, 0.15) is 11.5 Å². The van der Waals surface area contributed by atoms with Crippen molar-refractivity contribution in [1.29, 1.82) is 0 Å². The van der Waals surface area contributed by atoms with Gasteiger partial charge >= 0.3 is 0 Å². The summed E-state index contributed by atoms with van der Waals surface area (Å²) in [6, 6.07) is 21.3. The molecule has 3 aromatic rings. The summed E-state index contributed by atoms with van der Waals surface area (Å²) in [7, 11) is -3.72. The van der Waals surface area contributed by atoms with Gasteiger partial charge in [0, 0.05) is 25.7 Å². The van der Waals surface area contributed by atoms with E-state index < -0.39 is 10.0 Å². The van der Waals surface area contributed by atoms with Crippen LogP contribution < -0.4 is 18.9 Å². The number of para-hydroxylation sites is 1. The molecule has 34 heavy (non-hydrogen) atoms. The monoisotopic (exact) mass is 482 g/mol. The van der Waals surface area contributed by atoms with Gasteiger partial charge in [0.05, 0.1) is 18.1 Å². The number of nitrogens with one attached hydrogen (secondary N) is 1. The molecular formula is C25H26N2O6S.